The van der Waals surface area contributed by atoms with E-state index in [1.54, 1.807) is 23.1 Å². The summed E-state index contributed by atoms with van der Waals surface area (Å²) < 4.78 is 1.33. The number of amides is 1. The van der Waals surface area contributed by atoms with Gasteiger partial charge in [-0.15, -0.1) is 10.2 Å². The number of rotatable bonds is 4. The number of para-hydroxylation sites is 1. The molecule has 0 aliphatic carbocycles. The van der Waals surface area contributed by atoms with E-state index in [9.17, 15) is 4.79 Å². The number of benzene rings is 2. The number of nitrogens with two attached hydrogens (primary N) is 1. The van der Waals surface area contributed by atoms with E-state index in [0.29, 0.717) is 33.1 Å². The molecule has 0 fully saturated rings. The van der Waals surface area contributed by atoms with E-state index < -0.39 is 0 Å². The molecule has 0 spiro atoms. The van der Waals surface area contributed by atoms with Crippen LogP contribution in [0.1, 0.15) is 5.56 Å². The molecule has 138 valence electrons. The predicted octanol–water partition coefficient (Wildman–Crippen LogP) is 3.65. The molecule has 1 amide bonds. The van der Waals surface area contributed by atoms with Crippen molar-refractivity contribution in [2.75, 3.05) is 23.0 Å². The van der Waals surface area contributed by atoms with Gasteiger partial charge in [0.05, 0.1) is 10.8 Å². The number of anilines is 1. The van der Waals surface area contributed by atoms with Crippen molar-refractivity contribution in [1.29, 1.82) is 0 Å². The molecule has 0 bridgehead atoms. The first-order valence-electron chi connectivity index (χ1n) is 8.21. The Kier molecular flexibility index (Phi) is 4.99. The van der Waals surface area contributed by atoms with Gasteiger partial charge in [-0.05, 0) is 36.2 Å². The molecule has 27 heavy (non-hydrogen) atoms. The molecule has 0 saturated heterocycles. The summed E-state index contributed by atoms with van der Waals surface area (Å²) in [6.45, 7) is 0.692. The lowest BCUT2D eigenvalue weighted by Gasteiger charge is -2.16. The highest BCUT2D eigenvalue weighted by Gasteiger charge is 2.25. The van der Waals surface area contributed by atoms with Crippen LogP contribution in [-0.2, 0) is 11.2 Å². The van der Waals surface area contributed by atoms with Crippen molar-refractivity contribution < 1.29 is 4.79 Å². The van der Waals surface area contributed by atoms with Crippen molar-refractivity contribution in [2.45, 2.75) is 11.6 Å². The van der Waals surface area contributed by atoms with Gasteiger partial charge in [0.1, 0.15) is 0 Å². The number of aromatic nitrogens is 3. The van der Waals surface area contributed by atoms with E-state index in [-0.39, 0.29) is 11.7 Å². The number of nitrogens with zero attached hydrogens (tertiary/aromatic N) is 4. The van der Waals surface area contributed by atoms with Gasteiger partial charge in [0.15, 0.2) is 5.82 Å². The van der Waals surface area contributed by atoms with Crippen molar-refractivity contribution in [2.24, 2.45) is 0 Å². The summed E-state index contributed by atoms with van der Waals surface area (Å²) in [5, 5.41) is 9.61. The van der Waals surface area contributed by atoms with Gasteiger partial charge >= 0.3 is 0 Å². The molecule has 2 N–H and O–H groups in total. The number of hydrogen-bond acceptors (Lipinski definition) is 5. The number of halogens is 2. The highest BCUT2D eigenvalue weighted by Crippen LogP contribution is 2.31. The van der Waals surface area contributed by atoms with Crippen LogP contribution in [0.25, 0.3) is 11.4 Å². The number of thioether (sulfide) groups is 1. The molecule has 1 aliphatic heterocycles. The Morgan fingerprint density at radius 1 is 1.19 bits per heavy atom. The fourth-order valence-corrected chi connectivity index (χ4v) is 4.14. The predicted molar refractivity (Wildman–Crippen MR) is 109 cm³/mol. The Labute approximate surface area is 170 Å². The molecular formula is C18H15Cl2N5OS. The average molecular weight is 420 g/mol. The van der Waals surface area contributed by atoms with E-state index in [4.69, 9.17) is 29.0 Å². The fraction of sp³-hybridized carbons (Fsp3) is 0.167. The van der Waals surface area contributed by atoms with Crippen molar-refractivity contribution in [3.63, 3.8) is 0 Å². The largest absolute Gasteiger partial charge is 0.335 e. The van der Waals surface area contributed by atoms with Crippen LogP contribution in [0.4, 0.5) is 5.69 Å². The molecule has 1 aliphatic rings. The molecule has 6 nitrogen and oxygen atoms in total. The van der Waals surface area contributed by atoms with Crippen LogP contribution in [0.2, 0.25) is 10.0 Å². The maximum absolute atomic E-state index is 12.6. The lowest BCUT2D eigenvalue weighted by atomic mass is 10.2. The summed E-state index contributed by atoms with van der Waals surface area (Å²) >= 11 is 13.5. The normalized spacial score (nSPS) is 13.0. The molecule has 2 heterocycles. The Hall–Kier alpha value is -2.22. The van der Waals surface area contributed by atoms with Crippen molar-refractivity contribution in [3.05, 3.63) is 58.1 Å². The molecule has 0 radical (unpaired) electrons. The summed E-state index contributed by atoms with van der Waals surface area (Å²) in [4.78, 5) is 14.4. The van der Waals surface area contributed by atoms with Crippen molar-refractivity contribution >= 4 is 46.6 Å². The molecule has 2 aromatic carbocycles. The first-order valence-corrected chi connectivity index (χ1v) is 9.95. The Bertz CT molecular complexity index is 1020. The first-order chi connectivity index (χ1) is 13.0. The Morgan fingerprint density at radius 3 is 2.85 bits per heavy atom. The van der Waals surface area contributed by atoms with Gasteiger partial charge in [-0.2, -0.15) is 0 Å². The second-order valence-corrected chi connectivity index (χ2v) is 7.80. The lowest BCUT2D eigenvalue weighted by Crippen LogP contribution is -2.30. The average Bonchev–Trinajstić information content (AvgIpc) is 3.25. The molecule has 9 heteroatoms. The van der Waals surface area contributed by atoms with Crippen LogP contribution in [0.5, 0.6) is 0 Å². The van der Waals surface area contributed by atoms with Gasteiger partial charge in [-0.1, -0.05) is 53.2 Å². The topological polar surface area (TPSA) is 77.0 Å². The Balaban J connectivity index is 1.49. The standard InChI is InChI=1S/C18H15Cl2N5OS/c19-12-5-6-14(20)13(9-12)17-22-23-18(25(17)21)27-10-16(26)24-8-7-11-3-1-2-4-15(11)24/h1-6,9H,7-8,10,21H2. The van der Waals surface area contributed by atoms with Crippen LogP contribution >= 0.6 is 35.0 Å². The SMILES string of the molecule is Nn1c(SCC(=O)N2CCc3ccccc32)nnc1-c1cc(Cl)ccc1Cl. The van der Waals surface area contributed by atoms with Crippen molar-refractivity contribution in [3.8, 4) is 11.4 Å². The van der Waals surface area contributed by atoms with Gasteiger partial charge < -0.3 is 10.7 Å². The zero-order valence-corrected chi connectivity index (χ0v) is 16.4. The summed E-state index contributed by atoms with van der Waals surface area (Å²) in [7, 11) is 0. The van der Waals surface area contributed by atoms with Gasteiger partial charge in [-0.3, -0.25) is 4.79 Å². The third-order valence-electron chi connectivity index (χ3n) is 4.35. The van der Waals surface area contributed by atoms with E-state index in [1.807, 2.05) is 24.3 Å². The number of fused-ring (bicyclic) bond motifs is 1. The second-order valence-electron chi connectivity index (χ2n) is 6.01. The zero-order chi connectivity index (χ0) is 19.0. The van der Waals surface area contributed by atoms with Crippen LogP contribution in [0.3, 0.4) is 0 Å². The molecule has 0 saturated carbocycles. The first kappa shape index (κ1) is 18.2. The molecule has 3 aromatic rings. The summed E-state index contributed by atoms with van der Waals surface area (Å²) in [5.74, 6) is 6.73. The van der Waals surface area contributed by atoms with Gasteiger partial charge in [0.25, 0.3) is 0 Å². The highest BCUT2D eigenvalue weighted by atomic mass is 35.5. The number of carbonyl (C=O) groups is 1. The molecule has 0 unspecified atom stereocenters. The van der Waals surface area contributed by atoms with E-state index >= 15 is 0 Å². The number of nitrogen functional groups attached to an aromatic ring is 1. The molecular weight excluding hydrogens is 405 g/mol. The van der Waals surface area contributed by atoms with E-state index in [2.05, 4.69) is 10.2 Å². The third kappa shape index (κ3) is 3.50. The lowest BCUT2D eigenvalue weighted by molar-refractivity contribution is -0.116. The van der Waals surface area contributed by atoms with Crippen molar-refractivity contribution in [1.82, 2.24) is 14.9 Å². The molecule has 4 rings (SSSR count). The zero-order valence-electron chi connectivity index (χ0n) is 14.1. The minimum atomic E-state index is 0.00953. The quantitative estimate of drug-likeness (QED) is 0.515. The molecule has 0 atom stereocenters. The fourth-order valence-electron chi connectivity index (χ4n) is 3.03. The monoisotopic (exact) mass is 419 g/mol. The summed E-state index contributed by atoms with van der Waals surface area (Å²) in [5.41, 5.74) is 2.75. The maximum Gasteiger partial charge on any atom is 0.237 e. The highest BCUT2D eigenvalue weighted by molar-refractivity contribution is 7.99. The van der Waals surface area contributed by atoms with Crippen LogP contribution in [-0.4, -0.2) is 33.1 Å². The smallest absolute Gasteiger partial charge is 0.237 e. The van der Waals surface area contributed by atoms with Gasteiger partial charge in [0.2, 0.25) is 11.1 Å². The summed E-state index contributed by atoms with van der Waals surface area (Å²) in [6, 6.07) is 13.0. The van der Waals surface area contributed by atoms with E-state index in [0.717, 1.165) is 12.1 Å². The maximum atomic E-state index is 12.6. The van der Waals surface area contributed by atoms with Gasteiger partial charge in [0, 0.05) is 22.8 Å². The van der Waals surface area contributed by atoms with Crippen LogP contribution in [0.15, 0.2) is 47.6 Å². The van der Waals surface area contributed by atoms with Crippen LogP contribution < -0.4 is 10.7 Å². The Morgan fingerprint density at radius 2 is 2.00 bits per heavy atom. The minimum Gasteiger partial charge on any atom is -0.335 e. The van der Waals surface area contributed by atoms with Crippen LogP contribution in [0, 0.1) is 0 Å². The second kappa shape index (κ2) is 7.42. The third-order valence-corrected chi connectivity index (χ3v) is 5.84. The number of hydrogen-bond donors (Lipinski definition) is 1. The summed E-state index contributed by atoms with van der Waals surface area (Å²) in [6.07, 6.45) is 0.872. The minimum absolute atomic E-state index is 0.00953. The van der Waals surface area contributed by atoms with Gasteiger partial charge in [-0.25, -0.2) is 4.68 Å². The van der Waals surface area contributed by atoms with E-state index in [1.165, 1.54) is 22.0 Å². The number of carbonyl (C=O) groups excluding carboxylic acids is 1. The molecule has 1 aromatic heterocycles.